The van der Waals surface area contributed by atoms with Crippen LogP contribution in [0.25, 0.3) is 0 Å². The van der Waals surface area contributed by atoms with Gasteiger partial charge in [0.25, 0.3) is 0 Å². The third-order valence-electron chi connectivity index (χ3n) is 1.76. The molecule has 0 aliphatic rings. The number of hydrogen-bond donors (Lipinski definition) is 2. The maximum absolute atomic E-state index is 13.1. The Bertz CT molecular complexity index is 369. The van der Waals surface area contributed by atoms with Crippen LogP contribution in [-0.2, 0) is 0 Å². The summed E-state index contributed by atoms with van der Waals surface area (Å²) in [7, 11) is 0. The molecule has 0 amide bonds. The van der Waals surface area contributed by atoms with Crippen LogP contribution in [0.4, 0.5) is 4.39 Å². The number of aromatic hydroxyl groups is 1. The third kappa shape index (κ3) is 1.60. The first kappa shape index (κ1) is 9.49. The average Bonchev–Trinajstić information content (AvgIpc) is 2.09. The van der Waals surface area contributed by atoms with E-state index >= 15 is 0 Å². The summed E-state index contributed by atoms with van der Waals surface area (Å²) in [4.78, 5) is 0. The molecule has 0 aromatic heterocycles. The van der Waals surface area contributed by atoms with E-state index in [0.29, 0.717) is 5.56 Å². The van der Waals surface area contributed by atoms with Gasteiger partial charge in [0.05, 0.1) is 5.56 Å². The van der Waals surface area contributed by atoms with Gasteiger partial charge < -0.3 is 10.8 Å². The van der Waals surface area contributed by atoms with E-state index in [0.717, 1.165) is 0 Å². The van der Waals surface area contributed by atoms with Gasteiger partial charge >= 0.3 is 0 Å². The van der Waals surface area contributed by atoms with E-state index in [1.165, 1.54) is 12.1 Å². The number of halogens is 1. The van der Waals surface area contributed by atoms with E-state index in [2.05, 4.69) is 0 Å². The lowest BCUT2D eigenvalue weighted by Crippen LogP contribution is -2.06. The number of nitriles is 1. The molecule has 1 rings (SSSR count). The number of nitrogens with two attached hydrogens (primary N) is 1. The average molecular weight is 180 g/mol. The molecule has 0 spiro atoms. The fraction of sp³-hybridized carbons (Fsp3) is 0.222. The highest BCUT2D eigenvalue weighted by atomic mass is 19.1. The zero-order chi connectivity index (χ0) is 10.0. The standard InChI is InChI=1S/C9H9FN2O/c1-5(12)7-3-2-6(4-11)8(10)9(7)13/h2-3,5,13H,12H2,1H3/t5-/m1/s1. The van der Waals surface area contributed by atoms with Crippen molar-refractivity contribution in [2.45, 2.75) is 13.0 Å². The first-order valence-electron chi connectivity index (χ1n) is 3.75. The lowest BCUT2D eigenvalue weighted by molar-refractivity contribution is 0.421. The van der Waals surface area contributed by atoms with Gasteiger partial charge in [0.15, 0.2) is 11.6 Å². The van der Waals surface area contributed by atoms with Gasteiger partial charge in [-0.05, 0) is 13.0 Å². The van der Waals surface area contributed by atoms with Crippen molar-refractivity contribution in [2.75, 3.05) is 0 Å². The molecule has 0 heterocycles. The Balaban J connectivity index is 3.33. The molecular formula is C9H9FN2O. The molecule has 0 radical (unpaired) electrons. The second-order valence-electron chi connectivity index (χ2n) is 2.77. The molecule has 3 N–H and O–H groups in total. The van der Waals surface area contributed by atoms with Crippen molar-refractivity contribution in [1.29, 1.82) is 5.26 Å². The molecule has 0 fully saturated rings. The van der Waals surface area contributed by atoms with Crippen molar-refractivity contribution >= 4 is 0 Å². The molecule has 4 heteroatoms. The molecule has 1 aromatic rings. The van der Waals surface area contributed by atoms with Gasteiger partial charge in [-0.1, -0.05) is 6.07 Å². The normalized spacial score (nSPS) is 12.2. The minimum atomic E-state index is -0.905. The largest absolute Gasteiger partial charge is 0.505 e. The number of rotatable bonds is 1. The van der Waals surface area contributed by atoms with Gasteiger partial charge in [0.1, 0.15) is 6.07 Å². The Morgan fingerprint density at radius 2 is 2.23 bits per heavy atom. The van der Waals surface area contributed by atoms with Gasteiger partial charge in [-0.3, -0.25) is 0 Å². The highest BCUT2D eigenvalue weighted by Crippen LogP contribution is 2.27. The molecule has 0 aliphatic carbocycles. The van der Waals surface area contributed by atoms with Gasteiger partial charge in [-0.2, -0.15) is 5.26 Å². The van der Waals surface area contributed by atoms with Crippen LogP contribution in [0.15, 0.2) is 12.1 Å². The van der Waals surface area contributed by atoms with E-state index in [9.17, 15) is 9.50 Å². The van der Waals surface area contributed by atoms with Crippen LogP contribution in [0.1, 0.15) is 24.1 Å². The van der Waals surface area contributed by atoms with Crippen molar-refractivity contribution in [3.8, 4) is 11.8 Å². The van der Waals surface area contributed by atoms with Crippen LogP contribution >= 0.6 is 0 Å². The lowest BCUT2D eigenvalue weighted by Gasteiger charge is -2.08. The van der Waals surface area contributed by atoms with Crippen LogP contribution in [0.3, 0.4) is 0 Å². The summed E-state index contributed by atoms with van der Waals surface area (Å²) in [5.41, 5.74) is 5.59. The number of phenolic OH excluding ortho intramolecular Hbond substituents is 1. The molecule has 3 nitrogen and oxygen atoms in total. The number of benzene rings is 1. The quantitative estimate of drug-likeness (QED) is 0.686. The molecule has 1 aromatic carbocycles. The Hall–Kier alpha value is -1.60. The smallest absolute Gasteiger partial charge is 0.182 e. The van der Waals surface area contributed by atoms with Gasteiger partial charge in [-0.25, -0.2) is 4.39 Å². The van der Waals surface area contributed by atoms with Crippen molar-refractivity contribution < 1.29 is 9.50 Å². The zero-order valence-corrected chi connectivity index (χ0v) is 7.08. The SMILES string of the molecule is C[C@@H](N)c1ccc(C#N)c(F)c1O. The minimum Gasteiger partial charge on any atom is -0.505 e. The molecule has 0 aliphatic heterocycles. The third-order valence-corrected chi connectivity index (χ3v) is 1.76. The first-order chi connectivity index (χ1) is 6.07. The van der Waals surface area contributed by atoms with Gasteiger partial charge in [-0.15, -0.1) is 0 Å². The molecule has 0 unspecified atom stereocenters. The van der Waals surface area contributed by atoms with Crippen LogP contribution in [0, 0.1) is 17.1 Å². The lowest BCUT2D eigenvalue weighted by atomic mass is 10.1. The highest BCUT2D eigenvalue weighted by molar-refractivity contribution is 5.44. The summed E-state index contributed by atoms with van der Waals surface area (Å²) in [6, 6.07) is 3.92. The molecule has 0 saturated heterocycles. The number of phenols is 1. The van der Waals surface area contributed by atoms with Crippen LogP contribution < -0.4 is 5.73 Å². The highest BCUT2D eigenvalue weighted by Gasteiger charge is 2.14. The topological polar surface area (TPSA) is 70.0 Å². The summed E-state index contributed by atoms with van der Waals surface area (Å²) < 4.78 is 13.1. The van der Waals surface area contributed by atoms with E-state index < -0.39 is 17.6 Å². The monoisotopic (exact) mass is 180 g/mol. The van der Waals surface area contributed by atoms with Crippen LogP contribution in [-0.4, -0.2) is 5.11 Å². The molecule has 13 heavy (non-hydrogen) atoms. The van der Waals surface area contributed by atoms with Gasteiger partial charge in [0, 0.05) is 11.6 Å². The Kier molecular flexibility index (Phi) is 2.49. The maximum Gasteiger partial charge on any atom is 0.182 e. The summed E-state index contributed by atoms with van der Waals surface area (Å²) in [5.74, 6) is -1.44. The van der Waals surface area contributed by atoms with Crippen LogP contribution in [0.2, 0.25) is 0 Å². The first-order valence-corrected chi connectivity index (χ1v) is 3.75. The second-order valence-corrected chi connectivity index (χ2v) is 2.77. The molecule has 0 bridgehead atoms. The summed E-state index contributed by atoms with van der Waals surface area (Å²) in [6.45, 7) is 1.63. The fourth-order valence-electron chi connectivity index (χ4n) is 1.03. The van der Waals surface area contributed by atoms with E-state index in [1.54, 1.807) is 13.0 Å². The number of hydrogen-bond acceptors (Lipinski definition) is 3. The summed E-state index contributed by atoms with van der Waals surface area (Å²) >= 11 is 0. The minimum absolute atomic E-state index is 0.179. The van der Waals surface area contributed by atoms with Crippen molar-refractivity contribution in [3.63, 3.8) is 0 Å². The number of nitrogens with zero attached hydrogens (tertiary/aromatic N) is 1. The van der Waals surface area contributed by atoms with E-state index in [4.69, 9.17) is 11.0 Å². The predicted molar refractivity (Wildman–Crippen MR) is 45.4 cm³/mol. The Labute approximate surface area is 75.2 Å². The van der Waals surface area contributed by atoms with E-state index in [1.807, 2.05) is 0 Å². The second kappa shape index (κ2) is 3.42. The molecule has 1 atom stereocenters. The summed E-state index contributed by atoms with van der Waals surface area (Å²) in [5, 5.41) is 17.7. The maximum atomic E-state index is 13.1. The van der Waals surface area contributed by atoms with Crippen molar-refractivity contribution in [3.05, 3.63) is 29.1 Å². The van der Waals surface area contributed by atoms with Gasteiger partial charge in [0.2, 0.25) is 0 Å². The fourth-order valence-corrected chi connectivity index (χ4v) is 1.03. The van der Waals surface area contributed by atoms with Crippen molar-refractivity contribution in [1.82, 2.24) is 0 Å². The Morgan fingerprint density at radius 1 is 1.62 bits per heavy atom. The Morgan fingerprint density at radius 3 is 2.69 bits per heavy atom. The molecule has 68 valence electrons. The van der Waals surface area contributed by atoms with E-state index in [-0.39, 0.29) is 5.56 Å². The van der Waals surface area contributed by atoms with Crippen molar-refractivity contribution in [2.24, 2.45) is 5.73 Å². The molecule has 0 saturated carbocycles. The van der Waals surface area contributed by atoms with Crippen LogP contribution in [0.5, 0.6) is 5.75 Å². The summed E-state index contributed by atoms with van der Waals surface area (Å²) in [6.07, 6.45) is 0. The molecular weight excluding hydrogens is 171 g/mol. The predicted octanol–water partition coefficient (Wildman–Crippen LogP) is 1.42. The zero-order valence-electron chi connectivity index (χ0n) is 7.08.